The van der Waals surface area contributed by atoms with Gasteiger partial charge in [-0.1, -0.05) is 0 Å². The molecule has 0 radical (unpaired) electrons. The lowest BCUT2D eigenvalue weighted by Gasteiger charge is -2.49. The molecule has 0 unspecified atom stereocenters. The first-order valence-corrected chi connectivity index (χ1v) is 6.62. The summed E-state index contributed by atoms with van der Waals surface area (Å²) in [5, 5.41) is 7.33. The van der Waals surface area contributed by atoms with Crippen LogP contribution in [0.25, 0.3) is 10.9 Å². The molecule has 0 atom stereocenters. The molecule has 2 aromatic rings. The second-order valence-electron chi connectivity index (χ2n) is 5.50. The zero-order chi connectivity index (χ0) is 16.1. The van der Waals surface area contributed by atoms with Crippen molar-refractivity contribution in [1.82, 2.24) is 15.1 Å². The van der Waals surface area contributed by atoms with Crippen LogP contribution in [0.3, 0.4) is 0 Å². The number of carbonyl (C=O) groups is 1. The number of aromatic nitrogens is 2. The van der Waals surface area contributed by atoms with E-state index in [-0.39, 0.29) is 0 Å². The van der Waals surface area contributed by atoms with Crippen molar-refractivity contribution in [3.8, 4) is 0 Å². The number of rotatable bonds is 2. The predicted molar refractivity (Wildman–Crippen MR) is 72.5 cm³/mol. The molecule has 0 saturated carbocycles. The Labute approximate surface area is 124 Å². The first kappa shape index (κ1) is 14.8. The number of nitrogens with one attached hydrogen (secondary N) is 1. The molecule has 1 aromatic heterocycles. The highest BCUT2D eigenvalue weighted by Gasteiger charge is 2.63. The van der Waals surface area contributed by atoms with Crippen molar-refractivity contribution in [3.63, 3.8) is 0 Å². The van der Waals surface area contributed by atoms with Gasteiger partial charge in [0.15, 0.2) is 5.60 Å². The fraction of sp³-hybridized carbons (Fsp3) is 0.429. The Balaban J connectivity index is 1.88. The number of alkyl halides is 3. The van der Waals surface area contributed by atoms with Gasteiger partial charge in [0.25, 0.3) is 5.91 Å². The number of hydrogen-bond acceptors (Lipinski definition) is 3. The minimum Gasteiger partial charge on any atom is -0.365 e. The van der Waals surface area contributed by atoms with Gasteiger partial charge in [0, 0.05) is 12.5 Å². The summed E-state index contributed by atoms with van der Waals surface area (Å²) in [6.07, 6.45) is -2.93. The first-order chi connectivity index (χ1) is 10.3. The number of aryl methyl sites for hydroxylation is 1. The number of amides is 1. The van der Waals surface area contributed by atoms with Crippen molar-refractivity contribution in [2.45, 2.75) is 18.7 Å². The number of likely N-dealkylation sites (tertiary alicyclic amines) is 1. The molecule has 1 aliphatic rings. The molecule has 1 aromatic carbocycles. The molecule has 5 nitrogen and oxygen atoms in total. The molecule has 8 heteroatoms. The van der Waals surface area contributed by atoms with Gasteiger partial charge >= 0.3 is 6.18 Å². The zero-order valence-electron chi connectivity index (χ0n) is 12.0. The van der Waals surface area contributed by atoms with E-state index < -0.39 is 30.8 Å². The van der Waals surface area contributed by atoms with Crippen LogP contribution < -0.4 is 0 Å². The third-order valence-corrected chi connectivity index (χ3v) is 4.01. The van der Waals surface area contributed by atoms with Crippen LogP contribution in [0.5, 0.6) is 0 Å². The lowest BCUT2D eigenvalue weighted by molar-refractivity contribution is -0.303. The van der Waals surface area contributed by atoms with E-state index in [4.69, 9.17) is 0 Å². The number of fused-ring (bicyclic) bond motifs is 1. The summed E-state index contributed by atoms with van der Waals surface area (Å²) in [5.41, 5.74) is -0.581. The van der Waals surface area contributed by atoms with Crippen LogP contribution >= 0.6 is 0 Å². The molecule has 1 aliphatic heterocycles. The fourth-order valence-electron chi connectivity index (χ4n) is 2.68. The third-order valence-electron chi connectivity index (χ3n) is 4.01. The van der Waals surface area contributed by atoms with Crippen LogP contribution in [0.2, 0.25) is 0 Å². The standard InChI is InChI=1S/C14H14F3N3O2/c1-8-3-9-5-18-19-11(9)10(4-8)12(21)20-6-13(7-20,22-2)14(15,16)17/h3-5H,6-7H2,1-2H3,(H,18,19). The van der Waals surface area contributed by atoms with E-state index in [1.165, 1.54) is 0 Å². The molecule has 1 saturated heterocycles. The molecular weight excluding hydrogens is 299 g/mol. The summed E-state index contributed by atoms with van der Waals surface area (Å²) >= 11 is 0. The normalized spacial score (nSPS) is 17.6. The van der Waals surface area contributed by atoms with Gasteiger partial charge in [0.05, 0.1) is 30.4 Å². The van der Waals surface area contributed by atoms with Crippen molar-refractivity contribution in [3.05, 3.63) is 29.5 Å². The molecule has 1 fully saturated rings. The number of halogens is 3. The predicted octanol–water partition coefficient (Wildman–Crippen LogP) is 2.27. The van der Waals surface area contributed by atoms with Crippen molar-refractivity contribution >= 4 is 16.8 Å². The number of hydrogen-bond donors (Lipinski definition) is 1. The second kappa shape index (κ2) is 4.70. The van der Waals surface area contributed by atoms with Gasteiger partial charge in [-0.15, -0.1) is 0 Å². The van der Waals surface area contributed by atoms with Crippen molar-refractivity contribution in [1.29, 1.82) is 0 Å². The summed E-state index contributed by atoms with van der Waals surface area (Å²) in [5.74, 6) is -0.463. The van der Waals surface area contributed by atoms with Crippen molar-refractivity contribution < 1.29 is 22.7 Å². The topological polar surface area (TPSA) is 58.2 Å². The lowest BCUT2D eigenvalue weighted by Crippen LogP contribution is -2.71. The highest BCUT2D eigenvalue weighted by atomic mass is 19.4. The number of carbonyl (C=O) groups excluding carboxylic acids is 1. The van der Waals surface area contributed by atoms with E-state index in [9.17, 15) is 18.0 Å². The fourth-order valence-corrected chi connectivity index (χ4v) is 2.68. The number of aromatic amines is 1. The SMILES string of the molecule is COC1(C(F)(F)F)CN(C(=O)c2cc(C)cc3cn[nH]c23)C1. The van der Waals surface area contributed by atoms with Gasteiger partial charge in [-0.25, -0.2) is 0 Å². The smallest absolute Gasteiger partial charge is 0.365 e. The van der Waals surface area contributed by atoms with Crippen LogP contribution in [0, 0.1) is 6.92 Å². The number of nitrogens with zero attached hydrogens (tertiary/aromatic N) is 2. The van der Waals surface area contributed by atoms with E-state index in [0.29, 0.717) is 11.1 Å². The summed E-state index contributed by atoms with van der Waals surface area (Å²) in [6.45, 7) is 0.805. The average Bonchev–Trinajstić information content (AvgIpc) is 2.83. The average molecular weight is 313 g/mol. The summed E-state index contributed by atoms with van der Waals surface area (Å²) in [6, 6.07) is 3.49. The third kappa shape index (κ3) is 2.06. The number of methoxy groups -OCH3 is 1. The minimum atomic E-state index is -4.51. The van der Waals surface area contributed by atoms with Gasteiger partial charge in [0.1, 0.15) is 0 Å². The van der Waals surface area contributed by atoms with Gasteiger partial charge in [-0.3, -0.25) is 9.89 Å². The van der Waals surface area contributed by atoms with Gasteiger partial charge < -0.3 is 9.64 Å². The molecule has 0 aliphatic carbocycles. The van der Waals surface area contributed by atoms with Crippen LogP contribution in [-0.4, -0.2) is 53.0 Å². The van der Waals surface area contributed by atoms with Crippen LogP contribution in [0.4, 0.5) is 13.2 Å². The minimum absolute atomic E-state index is 0.319. The van der Waals surface area contributed by atoms with Crippen LogP contribution in [0.1, 0.15) is 15.9 Å². The maximum Gasteiger partial charge on any atom is 0.420 e. The zero-order valence-corrected chi connectivity index (χ0v) is 12.0. The number of H-pyrrole nitrogens is 1. The highest BCUT2D eigenvalue weighted by molar-refractivity contribution is 6.06. The molecule has 118 valence electrons. The van der Waals surface area contributed by atoms with E-state index >= 15 is 0 Å². The Morgan fingerprint density at radius 2 is 2.09 bits per heavy atom. The molecule has 1 N–H and O–H groups in total. The molecule has 1 amide bonds. The maximum atomic E-state index is 13.0. The monoisotopic (exact) mass is 313 g/mol. The van der Waals surface area contributed by atoms with E-state index in [1.54, 1.807) is 12.3 Å². The Kier molecular flexibility index (Phi) is 3.17. The summed E-state index contributed by atoms with van der Waals surface area (Å²) in [7, 11) is 1.01. The van der Waals surface area contributed by atoms with Crippen LogP contribution in [-0.2, 0) is 4.74 Å². The molecular formula is C14H14F3N3O2. The summed E-state index contributed by atoms with van der Waals surface area (Å²) in [4.78, 5) is 13.6. The Bertz CT molecular complexity index is 732. The lowest BCUT2D eigenvalue weighted by atomic mass is 9.91. The quantitative estimate of drug-likeness (QED) is 0.925. The van der Waals surface area contributed by atoms with Gasteiger partial charge in [-0.2, -0.15) is 18.3 Å². The maximum absolute atomic E-state index is 13.0. The number of ether oxygens (including phenoxy) is 1. The highest BCUT2D eigenvalue weighted by Crippen LogP contribution is 2.41. The van der Waals surface area contributed by atoms with Crippen molar-refractivity contribution in [2.24, 2.45) is 0 Å². The number of benzene rings is 1. The largest absolute Gasteiger partial charge is 0.420 e. The molecule has 0 bridgehead atoms. The Morgan fingerprint density at radius 3 is 2.68 bits per heavy atom. The van der Waals surface area contributed by atoms with Gasteiger partial charge in [-0.05, 0) is 24.6 Å². The summed E-state index contributed by atoms with van der Waals surface area (Å²) < 4.78 is 43.6. The van der Waals surface area contributed by atoms with Crippen molar-refractivity contribution in [2.75, 3.05) is 20.2 Å². The molecule has 0 spiro atoms. The first-order valence-electron chi connectivity index (χ1n) is 6.62. The molecule has 2 heterocycles. The second-order valence-corrected chi connectivity index (χ2v) is 5.50. The van der Waals surface area contributed by atoms with Gasteiger partial charge in [0.2, 0.25) is 0 Å². The molecule has 22 heavy (non-hydrogen) atoms. The van der Waals surface area contributed by atoms with E-state index in [1.807, 2.05) is 13.0 Å². The van der Waals surface area contributed by atoms with Crippen LogP contribution in [0.15, 0.2) is 18.3 Å². The van der Waals surface area contributed by atoms with E-state index in [2.05, 4.69) is 14.9 Å². The van der Waals surface area contributed by atoms with E-state index in [0.717, 1.165) is 23.0 Å². The Hall–Kier alpha value is -2.09. The Morgan fingerprint density at radius 1 is 1.41 bits per heavy atom. The molecule has 3 rings (SSSR count).